The summed E-state index contributed by atoms with van der Waals surface area (Å²) >= 11 is 1.43. The number of aromatic nitrogens is 2. The number of thiazole rings is 1. The van der Waals surface area contributed by atoms with Crippen molar-refractivity contribution in [1.29, 1.82) is 0 Å². The van der Waals surface area contributed by atoms with Crippen LogP contribution in [0.4, 0.5) is 5.13 Å². The molecule has 1 aliphatic heterocycles. The summed E-state index contributed by atoms with van der Waals surface area (Å²) in [7, 11) is 0. The summed E-state index contributed by atoms with van der Waals surface area (Å²) in [6, 6.07) is 13.7. The molecule has 1 N–H and O–H groups in total. The predicted molar refractivity (Wildman–Crippen MR) is 119 cm³/mol. The summed E-state index contributed by atoms with van der Waals surface area (Å²) in [5.41, 5.74) is 4.13. The number of anilines is 1. The second kappa shape index (κ2) is 8.75. The molecule has 1 saturated heterocycles. The number of amides is 2. The van der Waals surface area contributed by atoms with Crippen molar-refractivity contribution in [2.24, 2.45) is 5.92 Å². The van der Waals surface area contributed by atoms with Crippen LogP contribution in [0.1, 0.15) is 34.6 Å². The van der Waals surface area contributed by atoms with Crippen molar-refractivity contribution >= 4 is 28.3 Å². The molecule has 1 aliphatic rings. The number of aryl methyl sites for hydroxylation is 2. The molecule has 0 unspecified atom stereocenters. The van der Waals surface area contributed by atoms with Crippen LogP contribution < -0.4 is 5.32 Å². The van der Waals surface area contributed by atoms with E-state index < -0.39 is 0 Å². The number of nitrogens with zero attached hydrogens (tertiary/aromatic N) is 3. The Morgan fingerprint density at radius 3 is 2.40 bits per heavy atom. The minimum absolute atomic E-state index is 0.0125. The number of likely N-dealkylation sites (tertiary alicyclic amines) is 1. The van der Waals surface area contributed by atoms with Gasteiger partial charge in [-0.1, -0.05) is 30.3 Å². The number of pyridine rings is 1. The van der Waals surface area contributed by atoms with Crippen LogP contribution in [0.3, 0.4) is 0 Å². The Labute approximate surface area is 180 Å². The van der Waals surface area contributed by atoms with E-state index in [1.807, 2.05) is 66.6 Å². The molecule has 0 aliphatic carbocycles. The van der Waals surface area contributed by atoms with Crippen molar-refractivity contribution in [3.8, 4) is 11.3 Å². The van der Waals surface area contributed by atoms with Gasteiger partial charge in [-0.05, 0) is 38.8 Å². The Morgan fingerprint density at radius 1 is 1.03 bits per heavy atom. The molecular formula is C23H24N4O2S. The number of hydrogen-bond acceptors (Lipinski definition) is 5. The molecule has 2 aromatic heterocycles. The maximum absolute atomic E-state index is 13.0. The van der Waals surface area contributed by atoms with Gasteiger partial charge < -0.3 is 10.2 Å². The second-order valence-corrected chi connectivity index (χ2v) is 8.40. The molecule has 6 nitrogen and oxygen atoms in total. The molecule has 0 saturated carbocycles. The summed E-state index contributed by atoms with van der Waals surface area (Å²) in [5.74, 6) is -0.131. The first-order valence-electron chi connectivity index (χ1n) is 10.1. The molecule has 0 atom stereocenters. The van der Waals surface area contributed by atoms with Crippen LogP contribution in [-0.4, -0.2) is 39.8 Å². The summed E-state index contributed by atoms with van der Waals surface area (Å²) in [5, 5.41) is 5.44. The van der Waals surface area contributed by atoms with Crippen LogP contribution in [0.2, 0.25) is 0 Å². The number of benzene rings is 1. The topological polar surface area (TPSA) is 75.2 Å². The van der Waals surface area contributed by atoms with Crippen molar-refractivity contribution in [3.63, 3.8) is 0 Å². The molecule has 0 bridgehead atoms. The number of carbonyl (C=O) groups excluding carboxylic acids is 2. The normalized spacial score (nSPS) is 14.5. The zero-order chi connectivity index (χ0) is 21.1. The van der Waals surface area contributed by atoms with Crippen LogP contribution in [0, 0.1) is 19.8 Å². The molecule has 2 amide bonds. The Hall–Kier alpha value is -3.06. The quantitative estimate of drug-likeness (QED) is 0.682. The molecule has 1 fully saturated rings. The largest absolute Gasteiger partial charge is 0.339 e. The zero-order valence-electron chi connectivity index (χ0n) is 17.1. The molecule has 4 rings (SSSR count). The van der Waals surface area contributed by atoms with Crippen LogP contribution in [0.5, 0.6) is 0 Å². The Bertz CT molecular complexity index is 1060. The molecule has 7 heteroatoms. The molecule has 154 valence electrons. The highest BCUT2D eigenvalue weighted by molar-refractivity contribution is 7.13. The first-order chi connectivity index (χ1) is 14.5. The highest BCUT2D eigenvalue weighted by Gasteiger charge is 2.29. The number of hydrogen-bond donors (Lipinski definition) is 1. The van der Waals surface area contributed by atoms with E-state index in [9.17, 15) is 9.59 Å². The zero-order valence-corrected chi connectivity index (χ0v) is 17.9. The molecule has 0 radical (unpaired) electrons. The van der Waals surface area contributed by atoms with Gasteiger partial charge >= 0.3 is 0 Å². The van der Waals surface area contributed by atoms with Gasteiger partial charge in [-0.2, -0.15) is 0 Å². The highest BCUT2D eigenvalue weighted by atomic mass is 32.1. The Morgan fingerprint density at radius 2 is 1.77 bits per heavy atom. The third kappa shape index (κ3) is 4.41. The van der Waals surface area contributed by atoms with Crippen molar-refractivity contribution in [3.05, 3.63) is 64.8 Å². The van der Waals surface area contributed by atoms with E-state index in [-0.39, 0.29) is 17.7 Å². The predicted octanol–water partition coefficient (Wildman–Crippen LogP) is 4.31. The van der Waals surface area contributed by atoms with Crippen LogP contribution in [-0.2, 0) is 4.79 Å². The van der Waals surface area contributed by atoms with Gasteiger partial charge in [-0.15, -0.1) is 11.3 Å². The minimum atomic E-state index is -0.0991. The van der Waals surface area contributed by atoms with Crippen molar-refractivity contribution < 1.29 is 9.59 Å². The molecule has 3 heterocycles. The van der Waals surface area contributed by atoms with Gasteiger partial charge in [-0.3, -0.25) is 14.6 Å². The molecule has 0 spiro atoms. The summed E-state index contributed by atoms with van der Waals surface area (Å²) < 4.78 is 0. The number of rotatable bonds is 4. The number of carbonyl (C=O) groups is 2. The first-order valence-corrected chi connectivity index (χ1v) is 10.9. The first kappa shape index (κ1) is 20.2. The van der Waals surface area contributed by atoms with E-state index in [1.54, 1.807) is 0 Å². The fourth-order valence-electron chi connectivity index (χ4n) is 3.69. The Balaban J connectivity index is 1.37. The van der Waals surface area contributed by atoms with E-state index >= 15 is 0 Å². The van der Waals surface area contributed by atoms with Crippen molar-refractivity contribution in [2.75, 3.05) is 18.4 Å². The smallest absolute Gasteiger partial charge is 0.255 e. The van der Waals surface area contributed by atoms with E-state index in [1.165, 1.54) is 11.3 Å². The van der Waals surface area contributed by atoms with Crippen LogP contribution >= 0.6 is 11.3 Å². The van der Waals surface area contributed by atoms with E-state index in [2.05, 4.69) is 15.3 Å². The lowest BCUT2D eigenvalue weighted by Gasteiger charge is -2.31. The fraction of sp³-hybridized carbons (Fsp3) is 0.304. The van der Waals surface area contributed by atoms with Gasteiger partial charge in [0, 0.05) is 30.0 Å². The summed E-state index contributed by atoms with van der Waals surface area (Å²) in [4.78, 5) is 36.2. The standard InChI is InChI=1S/C23H24N4O2S/c1-15-14-30-23(24-15)26-21(28)18-10-12-27(13-11-18)22(29)19-8-9-20(25-16(19)2)17-6-4-3-5-7-17/h3-9,14,18H,10-13H2,1-2H3,(H,24,26,28). The van der Waals surface area contributed by atoms with Gasteiger partial charge in [-0.25, -0.2) is 4.98 Å². The lowest BCUT2D eigenvalue weighted by atomic mass is 9.95. The lowest BCUT2D eigenvalue weighted by Crippen LogP contribution is -2.41. The average molecular weight is 421 g/mol. The highest BCUT2D eigenvalue weighted by Crippen LogP contribution is 2.24. The second-order valence-electron chi connectivity index (χ2n) is 7.55. The molecular weight excluding hydrogens is 396 g/mol. The number of piperidine rings is 1. The van der Waals surface area contributed by atoms with Gasteiger partial charge in [0.05, 0.1) is 22.6 Å². The Kier molecular flexibility index (Phi) is 5.90. The summed E-state index contributed by atoms with van der Waals surface area (Å²) in [6.45, 7) is 4.90. The van der Waals surface area contributed by atoms with E-state index in [4.69, 9.17) is 0 Å². The third-order valence-corrected chi connectivity index (χ3v) is 6.26. The minimum Gasteiger partial charge on any atom is -0.339 e. The van der Waals surface area contributed by atoms with Gasteiger partial charge in [0.1, 0.15) is 0 Å². The van der Waals surface area contributed by atoms with Crippen molar-refractivity contribution in [2.45, 2.75) is 26.7 Å². The van der Waals surface area contributed by atoms with Gasteiger partial charge in [0.25, 0.3) is 5.91 Å². The van der Waals surface area contributed by atoms with Crippen LogP contribution in [0.15, 0.2) is 47.8 Å². The average Bonchev–Trinajstić information content (AvgIpc) is 3.18. The summed E-state index contributed by atoms with van der Waals surface area (Å²) in [6.07, 6.45) is 1.30. The SMILES string of the molecule is Cc1csc(NC(=O)C2CCN(C(=O)c3ccc(-c4ccccc4)nc3C)CC2)n1. The monoisotopic (exact) mass is 420 g/mol. The van der Waals surface area contributed by atoms with Gasteiger partial charge in [0.2, 0.25) is 5.91 Å². The maximum Gasteiger partial charge on any atom is 0.255 e. The molecule has 1 aromatic carbocycles. The van der Waals surface area contributed by atoms with E-state index in [0.717, 1.165) is 22.6 Å². The lowest BCUT2D eigenvalue weighted by molar-refractivity contribution is -0.121. The van der Waals surface area contributed by atoms with Gasteiger partial charge in [0.15, 0.2) is 5.13 Å². The maximum atomic E-state index is 13.0. The van der Waals surface area contributed by atoms with Crippen LogP contribution in [0.25, 0.3) is 11.3 Å². The van der Waals surface area contributed by atoms with E-state index in [0.29, 0.717) is 36.6 Å². The molecule has 30 heavy (non-hydrogen) atoms. The fourth-order valence-corrected chi connectivity index (χ4v) is 4.38. The third-order valence-electron chi connectivity index (χ3n) is 5.39. The number of nitrogens with one attached hydrogen (secondary N) is 1. The van der Waals surface area contributed by atoms with Crippen molar-refractivity contribution in [1.82, 2.24) is 14.9 Å². The molecule has 3 aromatic rings.